The molecule has 5 nitrogen and oxygen atoms in total. The maximum atomic E-state index is 13.1. The van der Waals surface area contributed by atoms with Gasteiger partial charge in [0.25, 0.3) is 0 Å². The molecule has 5 heteroatoms. The lowest BCUT2D eigenvalue weighted by molar-refractivity contribution is 0.185. The van der Waals surface area contributed by atoms with Crippen molar-refractivity contribution in [1.82, 2.24) is 5.32 Å². The molecule has 33 heavy (non-hydrogen) atoms. The van der Waals surface area contributed by atoms with Gasteiger partial charge in [0.15, 0.2) is 0 Å². The zero-order valence-electron chi connectivity index (χ0n) is 18.6. The van der Waals surface area contributed by atoms with Crippen molar-refractivity contribution in [3.05, 3.63) is 103 Å². The zero-order valence-corrected chi connectivity index (χ0v) is 18.6. The third-order valence-electron chi connectivity index (χ3n) is 6.05. The van der Waals surface area contributed by atoms with E-state index in [0.29, 0.717) is 13.1 Å². The summed E-state index contributed by atoms with van der Waals surface area (Å²) in [5.41, 5.74) is 2.80. The number of ether oxygens (including phenoxy) is 1. The van der Waals surface area contributed by atoms with Crippen molar-refractivity contribution >= 4 is 28.2 Å². The molecule has 0 aliphatic carbocycles. The Bertz CT molecular complexity index is 1250. The minimum Gasteiger partial charge on any atom is -0.485 e. The van der Waals surface area contributed by atoms with Gasteiger partial charge in [0.2, 0.25) is 0 Å². The fraction of sp³-hybridized carbons (Fsp3) is 0.179. The number of anilines is 2. The number of nitrogens with zero attached hydrogens (tertiary/aromatic N) is 1. The van der Waals surface area contributed by atoms with Crippen LogP contribution >= 0.6 is 0 Å². The SMILES string of the molecule is CC(NCC1CN(C(=O)Nc2ccccc2)c2ccccc2O1)c1cccc2ccccc12. The molecule has 166 valence electrons. The molecule has 0 bridgehead atoms. The number of hydrogen-bond acceptors (Lipinski definition) is 3. The van der Waals surface area contributed by atoms with E-state index in [0.717, 1.165) is 17.1 Å². The number of nitrogens with one attached hydrogen (secondary N) is 2. The zero-order chi connectivity index (χ0) is 22.6. The molecule has 2 N–H and O–H groups in total. The van der Waals surface area contributed by atoms with Gasteiger partial charge in [0.05, 0.1) is 12.2 Å². The molecule has 0 saturated heterocycles. The van der Waals surface area contributed by atoms with Crippen molar-refractivity contribution in [1.29, 1.82) is 0 Å². The molecule has 0 saturated carbocycles. The minimum atomic E-state index is -0.168. The molecule has 5 rings (SSSR count). The fourth-order valence-electron chi connectivity index (χ4n) is 4.36. The van der Waals surface area contributed by atoms with Crippen LogP contribution in [0.3, 0.4) is 0 Å². The monoisotopic (exact) mass is 437 g/mol. The Hall–Kier alpha value is -3.83. The first kappa shape index (κ1) is 21.0. The summed E-state index contributed by atoms with van der Waals surface area (Å²) >= 11 is 0. The predicted molar refractivity (Wildman–Crippen MR) is 134 cm³/mol. The average molecular weight is 438 g/mol. The van der Waals surface area contributed by atoms with Crippen LogP contribution in [-0.2, 0) is 0 Å². The summed E-state index contributed by atoms with van der Waals surface area (Å²) in [7, 11) is 0. The first-order valence-electron chi connectivity index (χ1n) is 11.3. The summed E-state index contributed by atoms with van der Waals surface area (Å²) in [6.07, 6.45) is -0.168. The van der Waals surface area contributed by atoms with Crippen LogP contribution in [0.4, 0.5) is 16.2 Å². The topological polar surface area (TPSA) is 53.6 Å². The summed E-state index contributed by atoms with van der Waals surface area (Å²) in [4.78, 5) is 14.9. The maximum Gasteiger partial charge on any atom is 0.326 e. The van der Waals surface area contributed by atoms with Crippen molar-refractivity contribution in [2.75, 3.05) is 23.3 Å². The van der Waals surface area contributed by atoms with E-state index in [-0.39, 0.29) is 18.2 Å². The van der Waals surface area contributed by atoms with E-state index in [4.69, 9.17) is 4.74 Å². The summed E-state index contributed by atoms with van der Waals surface area (Å²) in [6, 6.07) is 32.0. The van der Waals surface area contributed by atoms with Gasteiger partial charge in [-0.3, -0.25) is 4.90 Å². The molecule has 0 spiro atoms. The third-order valence-corrected chi connectivity index (χ3v) is 6.05. The van der Waals surface area contributed by atoms with Crippen LogP contribution in [0, 0.1) is 0 Å². The number of benzene rings is 4. The first-order valence-corrected chi connectivity index (χ1v) is 11.3. The third kappa shape index (κ3) is 4.54. The number of carbonyl (C=O) groups is 1. The molecule has 0 aromatic heterocycles. The molecule has 1 heterocycles. The minimum absolute atomic E-state index is 0.142. The number of para-hydroxylation sites is 3. The molecule has 4 aromatic carbocycles. The Morgan fingerprint density at radius 2 is 1.67 bits per heavy atom. The van der Waals surface area contributed by atoms with E-state index < -0.39 is 0 Å². The van der Waals surface area contributed by atoms with Gasteiger partial charge >= 0.3 is 6.03 Å². The Morgan fingerprint density at radius 1 is 0.939 bits per heavy atom. The van der Waals surface area contributed by atoms with E-state index in [9.17, 15) is 4.79 Å². The maximum absolute atomic E-state index is 13.1. The lowest BCUT2D eigenvalue weighted by Crippen LogP contribution is -2.49. The molecule has 0 radical (unpaired) electrons. The Balaban J connectivity index is 1.31. The number of fused-ring (bicyclic) bond motifs is 2. The first-order chi connectivity index (χ1) is 16.2. The summed E-state index contributed by atoms with van der Waals surface area (Å²) in [5.74, 6) is 0.719. The van der Waals surface area contributed by atoms with E-state index in [1.54, 1.807) is 4.90 Å². The van der Waals surface area contributed by atoms with Crippen LogP contribution < -0.4 is 20.3 Å². The van der Waals surface area contributed by atoms with Gasteiger partial charge < -0.3 is 15.4 Å². The second-order valence-corrected chi connectivity index (χ2v) is 8.31. The van der Waals surface area contributed by atoms with Crippen molar-refractivity contribution in [2.45, 2.75) is 19.1 Å². The largest absolute Gasteiger partial charge is 0.485 e. The van der Waals surface area contributed by atoms with Crippen LogP contribution in [0.2, 0.25) is 0 Å². The summed E-state index contributed by atoms with van der Waals surface area (Å²) in [6.45, 7) is 3.25. The molecule has 0 fully saturated rings. The van der Waals surface area contributed by atoms with Gasteiger partial charge in [-0.15, -0.1) is 0 Å². The van der Waals surface area contributed by atoms with Crippen LogP contribution in [-0.4, -0.2) is 25.2 Å². The standard InChI is InChI=1S/C28H27N3O2/c1-20(24-15-9-11-21-10-5-6-14-25(21)24)29-18-23-19-31(26-16-7-8-17-27(26)33-23)28(32)30-22-12-3-2-4-13-22/h2-17,20,23,29H,18-19H2,1H3,(H,30,32). The number of carbonyl (C=O) groups excluding carboxylic acids is 1. The predicted octanol–water partition coefficient (Wildman–Crippen LogP) is 5.99. The van der Waals surface area contributed by atoms with Gasteiger partial charge in [-0.25, -0.2) is 4.79 Å². The van der Waals surface area contributed by atoms with Gasteiger partial charge in [-0.1, -0.05) is 72.8 Å². The van der Waals surface area contributed by atoms with Gasteiger partial charge in [0, 0.05) is 18.3 Å². The van der Waals surface area contributed by atoms with Gasteiger partial charge in [-0.05, 0) is 47.5 Å². The van der Waals surface area contributed by atoms with E-state index in [1.807, 2.05) is 54.6 Å². The highest BCUT2D eigenvalue weighted by Crippen LogP contribution is 2.33. The molecule has 1 aliphatic heterocycles. The molecule has 2 unspecified atom stereocenters. The lowest BCUT2D eigenvalue weighted by Gasteiger charge is -2.35. The molecular weight excluding hydrogens is 410 g/mol. The lowest BCUT2D eigenvalue weighted by atomic mass is 9.99. The average Bonchev–Trinajstić information content (AvgIpc) is 2.87. The molecule has 2 atom stereocenters. The highest BCUT2D eigenvalue weighted by Gasteiger charge is 2.30. The van der Waals surface area contributed by atoms with Gasteiger partial charge in [-0.2, -0.15) is 0 Å². The van der Waals surface area contributed by atoms with Crippen molar-refractivity contribution in [2.24, 2.45) is 0 Å². The second kappa shape index (κ2) is 9.35. The van der Waals surface area contributed by atoms with E-state index >= 15 is 0 Å². The smallest absolute Gasteiger partial charge is 0.326 e. The molecule has 2 amide bonds. The normalized spacial score (nSPS) is 16.0. The van der Waals surface area contributed by atoms with Crippen molar-refractivity contribution < 1.29 is 9.53 Å². The number of urea groups is 1. The van der Waals surface area contributed by atoms with Gasteiger partial charge in [0.1, 0.15) is 11.9 Å². The highest BCUT2D eigenvalue weighted by atomic mass is 16.5. The van der Waals surface area contributed by atoms with Crippen LogP contribution in [0.5, 0.6) is 5.75 Å². The summed E-state index contributed by atoms with van der Waals surface area (Å²) in [5, 5.41) is 9.09. The van der Waals surface area contributed by atoms with Crippen molar-refractivity contribution in [3.63, 3.8) is 0 Å². The highest BCUT2D eigenvalue weighted by molar-refractivity contribution is 6.03. The Kier molecular flexibility index (Phi) is 5.96. The second-order valence-electron chi connectivity index (χ2n) is 8.31. The van der Waals surface area contributed by atoms with Crippen molar-refractivity contribution in [3.8, 4) is 5.75 Å². The Morgan fingerprint density at radius 3 is 2.55 bits per heavy atom. The molecule has 4 aromatic rings. The molecule has 1 aliphatic rings. The summed E-state index contributed by atoms with van der Waals surface area (Å²) < 4.78 is 6.25. The number of hydrogen-bond donors (Lipinski definition) is 2. The number of rotatable bonds is 5. The fourth-order valence-corrected chi connectivity index (χ4v) is 4.36. The number of amides is 2. The van der Waals surface area contributed by atoms with Crippen LogP contribution in [0.15, 0.2) is 97.1 Å². The van der Waals surface area contributed by atoms with Crippen LogP contribution in [0.25, 0.3) is 10.8 Å². The van der Waals surface area contributed by atoms with E-state index in [2.05, 4.69) is 60.0 Å². The quantitative estimate of drug-likeness (QED) is 0.403. The Labute approximate surface area is 194 Å². The molecular formula is C28H27N3O2. The van der Waals surface area contributed by atoms with Crippen LogP contribution in [0.1, 0.15) is 18.5 Å². The van der Waals surface area contributed by atoms with E-state index in [1.165, 1.54) is 16.3 Å².